The first-order valence-electron chi connectivity index (χ1n) is 4.00. The summed E-state index contributed by atoms with van der Waals surface area (Å²) < 4.78 is 0. The number of hydrogen-bond acceptors (Lipinski definition) is 6. The van der Waals surface area contributed by atoms with Gasteiger partial charge < -0.3 is 16.2 Å². The fourth-order valence-corrected chi connectivity index (χ4v) is 0.906. The first kappa shape index (κ1) is 10.9. The lowest BCUT2D eigenvalue weighted by Gasteiger charge is -2.17. The summed E-state index contributed by atoms with van der Waals surface area (Å²) in [7, 11) is 0. The van der Waals surface area contributed by atoms with E-state index < -0.39 is 5.60 Å². The van der Waals surface area contributed by atoms with Gasteiger partial charge in [-0.25, -0.2) is 0 Å². The Morgan fingerprint density at radius 3 is 2.57 bits per heavy atom. The van der Waals surface area contributed by atoms with E-state index in [2.05, 4.69) is 20.3 Å². The summed E-state index contributed by atoms with van der Waals surface area (Å²) in [4.78, 5) is 11.2. The van der Waals surface area contributed by atoms with E-state index in [9.17, 15) is 5.11 Å². The van der Waals surface area contributed by atoms with Gasteiger partial charge in [-0.05, 0) is 25.4 Å². The number of rotatable bonds is 3. The molecule has 0 aliphatic carbocycles. The van der Waals surface area contributed by atoms with Crippen LogP contribution in [0.1, 0.15) is 13.8 Å². The van der Waals surface area contributed by atoms with Crippen molar-refractivity contribution in [1.29, 1.82) is 0 Å². The topological polar surface area (TPSA) is 97.0 Å². The molecule has 0 aliphatic heterocycles. The molecule has 0 bridgehead atoms. The zero-order valence-electron chi connectivity index (χ0n) is 7.95. The number of nitrogen functional groups attached to an aromatic ring is 1. The van der Waals surface area contributed by atoms with Crippen molar-refractivity contribution in [2.75, 3.05) is 17.6 Å². The molecule has 1 heterocycles. The first-order chi connectivity index (χ1) is 6.37. The molecule has 4 N–H and O–H groups in total. The highest BCUT2D eigenvalue weighted by molar-refractivity contribution is 6.28. The molecule has 0 aliphatic rings. The van der Waals surface area contributed by atoms with Crippen LogP contribution in [0.25, 0.3) is 0 Å². The lowest BCUT2D eigenvalue weighted by atomic mass is 10.1. The van der Waals surface area contributed by atoms with Gasteiger partial charge in [0, 0.05) is 6.54 Å². The van der Waals surface area contributed by atoms with E-state index in [-0.39, 0.29) is 17.2 Å². The average molecular weight is 218 g/mol. The predicted octanol–water partition coefficient (Wildman–Crippen LogP) is 0.290. The maximum absolute atomic E-state index is 9.42. The van der Waals surface area contributed by atoms with Crippen molar-refractivity contribution in [1.82, 2.24) is 15.0 Å². The summed E-state index contributed by atoms with van der Waals surface area (Å²) in [6, 6.07) is 0. The third-order valence-corrected chi connectivity index (χ3v) is 1.47. The molecule has 7 heteroatoms. The highest BCUT2D eigenvalue weighted by Gasteiger charge is 2.12. The van der Waals surface area contributed by atoms with Crippen LogP contribution in [-0.2, 0) is 0 Å². The van der Waals surface area contributed by atoms with Crippen molar-refractivity contribution >= 4 is 23.5 Å². The lowest BCUT2D eigenvalue weighted by Crippen LogP contribution is -2.30. The van der Waals surface area contributed by atoms with Crippen LogP contribution < -0.4 is 11.1 Å². The molecule has 0 radical (unpaired) electrons. The fourth-order valence-electron chi connectivity index (χ4n) is 0.740. The van der Waals surface area contributed by atoms with Crippen LogP contribution in [0.5, 0.6) is 0 Å². The summed E-state index contributed by atoms with van der Waals surface area (Å²) >= 11 is 5.56. The van der Waals surface area contributed by atoms with Crippen molar-refractivity contribution < 1.29 is 5.11 Å². The smallest absolute Gasteiger partial charge is 0.228 e. The molecule has 0 fully saturated rings. The Kier molecular flexibility index (Phi) is 3.07. The van der Waals surface area contributed by atoms with E-state index in [0.29, 0.717) is 6.54 Å². The van der Waals surface area contributed by atoms with Crippen LogP contribution in [0, 0.1) is 0 Å². The molecular formula is C7H12ClN5O. The van der Waals surface area contributed by atoms with E-state index in [1.54, 1.807) is 13.8 Å². The number of nitrogens with two attached hydrogens (primary N) is 1. The summed E-state index contributed by atoms with van der Waals surface area (Å²) in [5, 5.41) is 12.2. The molecule has 0 atom stereocenters. The van der Waals surface area contributed by atoms with E-state index in [0.717, 1.165) is 0 Å². The van der Waals surface area contributed by atoms with Crippen molar-refractivity contribution in [3.63, 3.8) is 0 Å². The summed E-state index contributed by atoms with van der Waals surface area (Å²) in [5.74, 6) is 0.299. The minimum atomic E-state index is -0.853. The van der Waals surface area contributed by atoms with Crippen LogP contribution in [-0.4, -0.2) is 32.2 Å². The number of anilines is 2. The molecular weight excluding hydrogens is 206 g/mol. The summed E-state index contributed by atoms with van der Waals surface area (Å²) in [6.45, 7) is 3.62. The van der Waals surface area contributed by atoms with Gasteiger partial charge in [0.1, 0.15) is 0 Å². The van der Waals surface area contributed by atoms with E-state index in [1.807, 2.05) is 0 Å². The molecule has 1 aromatic rings. The fraction of sp³-hybridized carbons (Fsp3) is 0.571. The molecule has 0 saturated heterocycles. The van der Waals surface area contributed by atoms with Crippen molar-refractivity contribution in [3.8, 4) is 0 Å². The Morgan fingerprint density at radius 2 is 2.07 bits per heavy atom. The average Bonchev–Trinajstić information content (AvgIpc) is 1.97. The first-order valence-corrected chi connectivity index (χ1v) is 4.38. The van der Waals surface area contributed by atoms with Crippen LogP contribution in [0.4, 0.5) is 11.9 Å². The molecule has 1 aromatic heterocycles. The van der Waals surface area contributed by atoms with Gasteiger partial charge in [0.05, 0.1) is 5.60 Å². The number of nitrogens with zero attached hydrogens (tertiary/aromatic N) is 3. The van der Waals surface area contributed by atoms with Gasteiger partial charge in [0.15, 0.2) is 0 Å². The van der Waals surface area contributed by atoms with Crippen molar-refractivity contribution in [2.24, 2.45) is 0 Å². The second-order valence-corrected chi connectivity index (χ2v) is 3.79. The van der Waals surface area contributed by atoms with Crippen LogP contribution in [0.15, 0.2) is 0 Å². The standard InChI is InChI=1S/C7H12ClN5O/c1-7(2,14)3-10-6-12-4(8)11-5(9)13-6/h14H,3H2,1-2H3,(H3,9,10,11,12,13). The molecule has 0 unspecified atom stereocenters. The van der Waals surface area contributed by atoms with Gasteiger partial charge in [0.25, 0.3) is 0 Å². The van der Waals surface area contributed by atoms with Crippen LogP contribution >= 0.6 is 11.6 Å². The predicted molar refractivity (Wildman–Crippen MR) is 54.0 cm³/mol. The Bertz CT molecular complexity index is 304. The van der Waals surface area contributed by atoms with Crippen LogP contribution in [0.3, 0.4) is 0 Å². The van der Waals surface area contributed by atoms with Gasteiger partial charge in [-0.3, -0.25) is 0 Å². The molecule has 78 valence electrons. The maximum Gasteiger partial charge on any atom is 0.228 e. The molecule has 0 spiro atoms. The molecule has 6 nitrogen and oxygen atoms in total. The van der Waals surface area contributed by atoms with E-state index in [4.69, 9.17) is 17.3 Å². The SMILES string of the molecule is CC(C)(O)CNc1nc(N)nc(Cl)n1. The number of aliphatic hydroxyl groups is 1. The van der Waals surface area contributed by atoms with Crippen LogP contribution in [0.2, 0.25) is 5.28 Å². The molecule has 0 amide bonds. The lowest BCUT2D eigenvalue weighted by molar-refractivity contribution is 0.0943. The molecule has 0 aromatic carbocycles. The highest BCUT2D eigenvalue weighted by Crippen LogP contribution is 2.08. The summed E-state index contributed by atoms with van der Waals surface area (Å²) in [6.07, 6.45) is 0. The van der Waals surface area contributed by atoms with Gasteiger partial charge in [-0.1, -0.05) is 0 Å². The minimum Gasteiger partial charge on any atom is -0.389 e. The van der Waals surface area contributed by atoms with Gasteiger partial charge >= 0.3 is 0 Å². The third-order valence-electron chi connectivity index (χ3n) is 1.30. The van der Waals surface area contributed by atoms with E-state index in [1.165, 1.54) is 0 Å². The summed E-state index contributed by atoms with van der Waals surface area (Å²) in [5.41, 5.74) is 4.50. The molecule has 14 heavy (non-hydrogen) atoms. The molecule has 1 rings (SSSR count). The Labute approximate surface area is 86.5 Å². The second-order valence-electron chi connectivity index (χ2n) is 3.45. The number of hydrogen-bond donors (Lipinski definition) is 3. The van der Waals surface area contributed by atoms with Gasteiger partial charge in [-0.2, -0.15) is 15.0 Å². The Hall–Kier alpha value is -1.14. The number of nitrogens with one attached hydrogen (secondary N) is 1. The largest absolute Gasteiger partial charge is 0.389 e. The highest BCUT2D eigenvalue weighted by atomic mass is 35.5. The Balaban J connectivity index is 2.68. The van der Waals surface area contributed by atoms with Crippen molar-refractivity contribution in [2.45, 2.75) is 19.4 Å². The van der Waals surface area contributed by atoms with Gasteiger partial charge in [-0.15, -0.1) is 0 Å². The van der Waals surface area contributed by atoms with E-state index >= 15 is 0 Å². The zero-order chi connectivity index (χ0) is 10.8. The molecule has 0 saturated carbocycles. The normalized spacial score (nSPS) is 11.4. The number of halogens is 1. The second kappa shape index (κ2) is 3.93. The zero-order valence-corrected chi connectivity index (χ0v) is 8.71. The minimum absolute atomic E-state index is 0.0238. The van der Waals surface area contributed by atoms with Crippen molar-refractivity contribution in [3.05, 3.63) is 5.28 Å². The number of aromatic nitrogens is 3. The monoisotopic (exact) mass is 217 g/mol. The van der Waals surface area contributed by atoms with Gasteiger partial charge in [0.2, 0.25) is 17.2 Å². The third kappa shape index (κ3) is 3.71. The maximum atomic E-state index is 9.42. The quantitative estimate of drug-likeness (QED) is 0.674. The Morgan fingerprint density at radius 1 is 1.43 bits per heavy atom.